The average Bonchev–Trinajstić information content (AvgIpc) is 3.25. The molecule has 8 heteroatoms. The van der Waals surface area contributed by atoms with Gasteiger partial charge in [0.15, 0.2) is 0 Å². The highest BCUT2D eigenvalue weighted by molar-refractivity contribution is 8.18. The van der Waals surface area contributed by atoms with Gasteiger partial charge in [-0.25, -0.2) is 0 Å². The van der Waals surface area contributed by atoms with Crippen LogP contribution in [0.25, 0.3) is 6.08 Å². The van der Waals surface area contributed by atoms with Crippen molar-refractivity contribution in [1.82, 2.24) is 10.2 Å². The van der Waals surface area contributed by atoms with Gasteiger partial charge in [-0.15, -0.1) is 0 Å². The van der Waals surface area contributed by atoms with Crippen LogP contribution in [0.5, 0.6) is 5.75 Å². The van der Waals surface area contributed by atoms with Crippen LogP contribution in [0.15, 0.2) is 52.0 Å². The van der Waals surface area contributed by atoms with Crippen molar-refractivity contribution in [2.45, 2.75) is 6.54 Å². The number of hydrogen-bond donors (Lipinski definition) is 1. The molecule has 3 rings (SSSR count). The Kier molecular flexibility index (Phi) is 5.43. The van der Waals surface area contributed by atoms with Gasteiger partial charge in [0, 0.05) is 0 Å². The van der Waals surface area contributed by atoms with E-state index in [4.69, 9.17) is 9.15 Å². The van der Waals surface area contributed by atoms with Crippen LogP contribution in [0.1, 0.15) is 11.3 Å². The standard InChI is InChI=1S/C18H16N2O5S/c1-24-13-6-4-12(5-7-13)9-15-17(22)20(18(23)26-15)11-16(21)19-10-14-3-2-8-25-14/h2-9H,10-11H2,1H3,(H,19,21)/b15-9-. The molecule has 1 aliphatic rings. The minimum atomic E-state index is -0.482. The molecule has 0 saturated carbocycles. The van der Waals surface area contributed by atoms with Gasteiger partial charge >= 0.3 is 0 Å². The van der Waals surface area contributed by atoms with Crippen molar-refractivity contribution in [2.75, 3.05) is 13.7 Å². The number of furan rings is 1. The van der Waals surface area contributed by atoms with E-state index in [1.165, 1.54) is 6.26 Å². The second kappa shape index (κ2) is 7.92. The van der Waals surface area contributed by atoms with Gasteiger partial charge in [-0.3, -0.25) is 19.3 Å². The predicted octanol–water partition coefficient (Wildman–Crippen LogP) is 2.64. The highest BCUT2D eigenvalue weighted by Gasteiger charge is 2.36. The Morgan fingerprint density at radius 1 is 1.27 bits per heavy atom. The summed E-state index contributed by atoms with van der Waals surface area (Å²) in [6.07, 6.45) is 3.12. The quantitative estimate of drug-likeness (QED) is 0.784. The number of nitrogens with zero attached hydrogens (tertiary/aromatic N) is 1. The summed E-state index contributed by atoms with van der Waals surface area (Å²) in [6.45, 7) is -0.130. The summed E-state index contributed by atoms with van der Waals surface area (Å²) >= 11 is 0.813. The molecule has 0 atom stereocenters. The first kappa shape index (κ1) is 17.8. The normalized spacial score (nSPS) is 15.6. The molecule has 0 unspecified atom stereocenters. The number of hydrogen-bond acceptors (Lipinski definition) is 6. The Hall–Kier alpha value is -3.00. The van der Waals surface area contributed by atoms with Gasteiger partial charge in [0.25, 0.3) is 11.1 Å². The van der Waals surface area contributed by atoms with E-state index in [2.05, 4.69) is 5.32 Å². The van der Waals surface area contributed by atoms with Crippen LogP contribution < -0.4 is 10.1 Å². The first-order valence-electron chi connectivity index (χ1n) is 7.75. The Morgan fingerprint density at radius 2 is 2.04 bits per heavy atom. The summed E-state index contributed by atoms with van der Waals surface area (Å²) < 4.78 is 10.2. The zero-order valence-electron chi connectivity index (χ0n) is 13.9. The molecule has 0 aliphatic carbocycles. The lowest BCUT2D eigenvalue weighted by molar-refractivity contribution is -0.129. The minimum absolute atomic E-state index is 0.198. The fourth-order valence-electron chi connectivity index (χ4n) is 2.29. The van der Waals surface area contributed by atoms with Crippen molar-refractivity contribution in [3.63, 3.8) is 0 Å². The van der Waals surface area contributed by atoms with Crippen LogP contribution >= 0.6 is 11.8 Å². The molecule has 0 radical (unpaired) electrons. The van der Waals surface area contributed by atoms with E-state index in [1.807, 2.05) is 0 Å². The molecule has 1 aliphatic heterocycles. The zero-order valence-corrected chi connectivity index (χ0v) is 14.7. The van der Waals surface area contributed by atoms with Crippen molar-refractivity contribution in [2.24, 2.45) is 0 Å². The Balaban J connectivity index is 1.62. The van der Waals surface area contributed by atoms with Crippen molar-refractivity contribution in [1.29, 1.82) is 0 Å². The number of carbonyl (C=O) groups is 3. The molecular formula is C18H16N2O5S. The van der Waals surface area contributed by atoms with Gasteiger partial charge < -0.3 is 14.5 Å². The van der Waals surface area contributed by atoms with Crippen molar-refractivity contribution >= 4 is 34.9 Å². The third-order valence-corrected chi connectivity index (χ3v) is 4.54. The van der Waals surface area contributed by atoms with Crippen molar-refractivity contribution in [3.05, 3.63) is 58.9 Å². The Labute approximate surface area is 154 Å². The van der Waals surface area contributed by atoms with Crippen molar-refractivity contribution in [3.8, 4) is 5.75 Å². The van der Waals surface area contributed by atoms with Gasteiger partial charge in [0.2, 0.25) is 5.91 Å². The SMILES string of the molecule is COc1ccc(/C=C2\SC(=O)N(CC(=O)NCc3ccco3)C2=O)cc1. The number of nitrogens with one attached hydrogen (secondary N) is 1. The molecule has 7 nitrogen and oxygen atoms in total. The van der Waals surface area contributed by atoms with E-state index in [0.29, 0.717) is 11.5 Å². The second-order valence-corrected chi connectivity index (χ2v) is 6.39. The number of benzene rings is 1. The zero-order chi connectivity index (χ0) is 18.5. The van der Waals surface area contributed by atoms with Crippen LogP contribution in [0, 0.1) is 0 Å². The van der Waals surface area contributed by atoms with E-state index in [9.17, 15) is 14.4 Å². The molecule has 0 spiro atoms. The summed E-state index contributed by atoms with van der Waals surface area (Å²) in [4.78, 5) is 37.7. The van der Waals surface area contributed by atoms with Crippen LogP contribution in [0.3, 0.4) is 0 Å². The maximum Gasteiger partial charge on any atom is 0.294 e. The first-order chi connectivity index (χ1) is 12.6. The fraction of sp³-hybridized carbons (Fsp3) is 0.167. The van der Waals surface area contributed by atoms with Crippen LogP contribution in [0.4, 0.5) is 4.79 Å². The number of carbonyl (C=O) groups excluding carboxylic acids is 3. The number of ether oxygens (including phenoxy) is 1. The van der Waals surface area contributed by atoms with Gasteiger partial charge in [0.1, 0.15) is 18.1 Å². The van der Waals surface area contributed by atoms with Gasteiger partial charge in [-0.1, -0.05) is 12.1 Å². The molecule has 0 bridgehead atoms. The molecule has 134 valence electrons. The summed E-state index contributed by atoms with van der Waals surface area (Å²) in [5, 5.41) is 2.14. The van der Waals surface area contributed by atoms with E-state index >= 15 is 0 Å². The number of amides is 3. The lowest BCUT2D eigenvalue weighted by atomic mass is 10.2. The molecule has 3 amide bonds. The molecule has 1 aromatic heterocycles. The molecule has 1 saturated heterocycles. The summed E-state index contributed by atoms with van der Waals surface area (Å²) in [7, 11) is 1.57. The third kappa shape index (κ3) is 4.15. The maximum absolute atomic E-state index is 12.4. The number of rotatable bonds is 6. The fourth-order valence-corrected chi connectivity index (χ4v) is 3.12. The lowest BCUT2D eigenvalue weighted by Crippen LogP contribution is -2.39. The number of thioether (sulfide) groups is 1. The third-order valence-electron chi connectivity index (χ3n) is 3.63. The maximum atomic E-state index is 12.4. The molecule has 2 heterocycles. The predicted molar refractivity (Wildman–Crippen MR) is 96.2 cm³/mol. The Bertz CT molecular complexity index is 843. The summed E-state index contributed by atoms with van der Waals surface area (Å²) in [6, 6.07) is 10.5. The average molecular weight is 372 g/mol. The molecule has 1 N–H and O–H groups in total. The second-order valence-electron chi connectivity index (χ2n) is 5.40. The number of imide groups is 1. The molecule has 26 heavy (non-hydrogen) atoms. The monoisotopic (exact) mass is 372 g/mol. The van der Waals surface area contributed by atoms with Crippen LogP contribution in [-0.2, 0) is 16.1 Å². The molecule has 1 aromatic carbocycles. The lowest BCUT2D eigenvalue weighted by Gasteiger charge is -2.11. The van der Waals surface area contributed by atoms with Gasteiger partial charge in [-0.2, -0.15) is 0 Å². The largest absolute Gasteiger partial charge is 0.497 e. The highest BCUT2D eigenvalue weighted by Crippen LogP contribution is 2.32. The van der Waals surface area contributed by atoms with Crippen molar-refractivity contribution < 1.29 is 23.5 Å². The summed E-state index contributed by atoms with van der Waals surface area (Å²) in [5.74, 6) is 0.369. The van der Waals surface area contributed by atoms with Gasteiger partial charge in [0.05, 0.1) is 24.8 Å². The van der Waals surface area contributed by atoms with Crippen LogP contribution in [0.2, 0.25) is 0 Å². The highest BCUT2D eigenvalue weighted by atomic mass is 32.2. The van der Waals surface area contributed by atoms with Crippen LogP contribution in [-0.4, -0.2) is 35.6 Å². The first-order valence-corrected chi connectivity index (χ1v) is 8.57. The smallest absolute Gasteiger partial charge is 0.294 e. The van der Waals surface area contributed by atoms with E-state index < -0.39 is 17.1 Å². The van der Waals surface area contributed by atoms with E-state index in [0.717, 1.165) is 22.2 Å². The molecular weight excluding hydrogens is 356 g/mol. The summed E-state index contributed by atoms with van der Waals surface area (Å²) in [5.41, 5.74) is 0.763. The molecule has 2 aromatic rings. The van der Waals surface area contributed by atoms with E-state index in [-0.39, 0.29) is 18.0 Å². The van der Waals surface area contributed by atoms with Gasteiger partial charge in [-0.05, 0) is 47.7 Å². The Morgan fingerprint density at radius 3 is 2.69 bits per heavy atom. The van der Waals surface area contributed by atoms with E-state index in [1.54, 1.807) is 49.6 Å². The topological polar surface area (TPSA) is 88.8 Å². The number of methoxy groups -OCH3 is 1. The molecule has 1 fully saturated rings. The minimum Gasteiger partial charge on any atom is -0.497 e.